The minimum Gasteiger partial charge on any atom is -0.335 e. The maximum Gasteiger partial charge on any atom is 0.294 e. The molecule has 2 aromatic rings. The van der Waals surface area contributed by atoms with Gasteiger partial charge < -0.3 is 4.90 Å². The third kappa shape index (κ3) is 1.88. The van der Waals surface area contributed by atoms with Gasteiger partial charge in [0.25, 0.3) is 5.69 Å². The van der Waals surface area contributed by atoms with E-state index in [1.807, 2.05) is 35.2 Å². The maximum atomic E-state index is 11.2. The third-order valence-corrected chi connectivity index (χ3v) is 3.48. The van der Waals surface area contributed by atoms with Crippen molar-refractivity contribution in [3.8, 4) is 6.07 Å². The van der Waals surface area contributed by atoms with Crippen LogP contribution in [0.5, 0.6) is 0 Å². The van der Waals surface area contributed by atoms with Crippen LogP contribution < -0.4 is 4.90 Å². The molecule has 0 N–H and O–H groups in total. The van der Waals surface area contributed by atoms with E-state index in [0.29, 0.717) is 17.8 Å². The molecule has 0 fully saturated rings. The Morgan fingerprint density at radius 2 is 2.00 bits per heavy atom. The fourth-order valence-electron chi connectivity index (χ4n) is 2.56. The van der Waals surface area contributed by atoms with Crippen molar-refractivity contribution in [1.82, 2.24) is 0 Å². The molecule has 5 heteroatoms. The van der Waals surface area contributed by atoms with Gasteiger partial charge >= 0.3 is 0 Å². The Hall–Kier alpha value is -2.87. The smallest absolute Gasteiger partial charge is 0.294 e. The highest BCUT2D eigenvalue weighted by Gasteiger charge is 2.26. The first-order valence-corrected chi connectivity index (χ1v) is 6.24. The van der Waals surface area contributed by atoms with Gasteiger partial charge in [-0.2, -0.15) is 5.26 Å². The van der Waals surface area contributed by atoms with Crippen LogP contribution in [0.2, 0.25) is 0 Å². The number of rotatable bonds is 2. The van der Waals surface area contributed by atoms with Crippen LogP contribution in [0.25, 0.3) is 0 Å². The van der Waals surface area contributed by atoms with Crippen molar-refractivity contribution < 1.29 is 4.92 Å². The van der Waals surface area contributed by atoms with Crippen LogP contribution in [0.4, 0.5) is 17.1 Å². The van der Waals surface area contributed by atoms with E-state index in [1.165, 1.54) is 11.6 Å². The van der Waals surface area contributed by atoms with Crippen LogP contribution in [0.1, 0.15) is 11.1 Å². The Kier molecular flexibility index (Phi) is 2.84. The van der Waals surface area contributed by atoms with E-state index in [9.17, 15) is 10.1 Å². The Morgan fingerprint density at radius 3 is 2.75 bits per heavy atom. The van der Waals surface area contributed by atoms with Crippen LogP contribution >= 0.6 is 0 Å². The van der Waals surface area contributed by atoms with Crippen LogP contribution in [0, 0.1) is 21.4 Å². The van der Waals surface area contributed by atoms with Crippen molar-refractivity contribution in [2.75, 3.05) is 11.4 Å². The second-order valence-electron chi connectivity index (χ2n) is 4.60. The first kappa shape index (κ1) is 12.2. The minimum atomic E-state index is -0.433. The van der Waals surface area contributed by atoms with E-state index in [2.05, 4.69) is 0 Å². The Bertz CT molecular complexity index is 734. The summed E-state index contributed by atoms with van der Waals surface area (Å²) in [6, 6.07) is 14.4. The number of anilines is 2. The number of fused-ring (bicyclic) bond motifs is 1. The lowest BCUT2D eigenvalue weighted by atomic mass is 10.1. The quantitative estimate of drug-likeness (QED) is 0.617. The fourth-order valence-corrected chi connectivity index (χ4v) is 2.56. The SMILES string of the molecule is N#Cc1ccc(N2CCc3ccccc32)c([N+](=O)[O-])c1. The lowest BCUT2D eigenvalue weighted by Crippen LogP contribution is -2.15. The highest BCUT2D eigenvalue weighted by molar-refractivity contribution is 5.76. The average Bonchev–Trinajstić information content (AvgIpc) is 2.90. The van der Waals surface area contributed by atoms with E-state index >= 15 is 0 Å². The van der Waals surface area contributed by atoms with Crippen molar-refractivity contribution in [2.24, 2.45) is 0 Å². The average molecular weight is 265 g/mol. The van der Waals surface area contributed by atoms with Crippen molar-refractivity contribution >= 4 is 17.1 Å². The van der Waals surface area contributed by atoms with Gasteiger partial charge in [0.15, 0.2) is 0 Å². The van der Waals surface area contributed by atoms with E-state index < -0.39 is 4.92 Å². The van der Waals surface area contributed by atoms with Crippen molar-refractivity contribution in [3.05, 3.63) is 63.7 Å². The number of nitro benzene ring substituents is 1. The normalized spacial score (nSPS) is 12.8. The topological polar surface area (TPSA) is 70.2 Å². The van der Waals surface area contributed by atoms with E-state index in [0.717, 1.165) is 12.1 Å². The molecule has 1 aliphatic heterocycles. The number of nitriles is 1. The van der Waals surface area contributed by atoms with Gasteiger partial charge in [0, 0.05) is 18.3 Å². The highest BCUT2D eigenvalue weighted by Crippen LogP contribution is 2.39. The zero-order valence-corrected chi connectivity index (χ0v) is 10.6. The predicted octanol–water partition coefficient (Wildman–Crippen LogP) is 3.16. The zero-order valence-electron chi connectivity index (χ0n) is 10.6. The summed E-state index contributed by atoms with van der Waals surface area (Å²) in [6.45, 7) is 0.714. The van der Waals surface area contributed by atoms with Crippen LogP contribution in [0.15, 0.2) is 42.5 Å². The zero-order chi connectivity index (χ0) is 14.1. The lowest BCUT2D eigenvalue weighted by Gasteiger charge is -2.19. The molecule has 3 rings (SSSR count). The van der Waals surface area contributed by atoms with Crippen LogP contribution in [-0.4, -0.2) is 11.5 Å². The van der Waals surface area contributed by atoms with E-state index in [-0.39, 0.29) is 5.69 Å². The molecule has 1 aliphatic rings. The lowest BCUT2D eigenvalue weighted by molar-refractivity contribution is -0.384. The van der Waals surface area contributed by atoms with E-state index in [1.54, 1.807) is 12.1 Å². The predicted molar refractivity (Wildman–Crippen MR) is 75.0 cm³/mol. The summed E-state index contributed by atoms with van der Waals surface area (Å²) < 4.78 is 0. The van der Waals surface area contributed by atoms with Crippen molar-refractivity contribution in [2.45, 2.75) is 6.42 Å². The molecule has 20 heavy (non-hydrogen) atoms. The molecule has 0 amide bonds. The summed E-state index contributed by atoms with van der Waals surface area (Å²) in [7, 11) is 0. The van der Waals surface area contributed by atoms with Crippen LogP contribution in [-0.2, 0) is 6.42 Å². The number of hydrogen-bond acceptors (Lipinski definition) is 4. The van der Waals surface area contributed by atoms with Gasteiger partial charge in [-0.25, -0.2) is 0 Å². The van der Waals surface area contributed by atoms with Crippen molar-refractivity contribution in [3.63, 3.8) is 0 Å². The molecule has 5 nitrogen and oxygen atoms in total. The largest absolute Gasteiger partial charge is 0.335 e. The molecule has 98 valence electrons. The molecule has 1 heterocycles. The van der Waals surface area contributed by atoms with Gasteiger partial charge in [-0.1, -0.05) is 18.2 Å². The summed E-state index contributed by atoms with van der Waals surface area (Å²) >= 11 is 0. The molecule has 0 aliphatic carbocycles. The number of benzene rings is 2. The molecule has 0 radical (unpaired) electrons. The number of para-hydroxylation sites is 1. The second-order valence-corrected chi connectivity index (χ2v) is 4.60. The second kappa shape index (κ2) is 4.67. The van der Waals surface area contributed by atoms with Crippen molar-refractivity contribution in [1.29, 1.82) is 5.26 Å². The summed E-state index contributed by atoms with van der Waals surface area (Å²) in [5, 5.41) is 20.1. The van der Waals surface area contributed by atoms with Gasteiger partial charge in [0.2, 0.25) is 0 Å². The maximum absolute atomic E-state index is 11.2. The van der Waals surface area contributed by atoms with Gasteiger partial charge in [0.05, 0.1) is 16.6 Å². The summed E-state index contributed by atoms with van der Waals surface area (Å²) in [5.74, 6) is 0. The molecule has 0 atom stereocenters. The third-order valence-electron chi connectivity index (χ3n) is 3.48. The standard InChI is InChI=1S/C15H11N3O2/c16-10-11-5-6-14(15(9-11)18(19)20)17-8-7-12-3-1-2-4-13(12)17/h1-6,9H,7-8H2. The number of hydrogen-bond donors (Lipinski definition) is 0. The molecule has 0 aromatic heterocycles. The molecular weight excluding hydrogens is 254 g/mol. The summed E-state index contributed by atoms with van der Waals surface area (Å²) in [5.41, 5.74) is 3.00. The van der Waals surface area contributed by atoms with Gasteiger partial charge in [-0.15, -0.1) is 0 Å². The summed E-state index contributed by atoms with van der Waals surface area (Å²) in [6.07, 6.45) is 0.868. The Balaban J connectivity index is 2.12. The number of nitrogens with zero attached hydrogens (tertiary/aromatic N) is 3. The molecule has 0 saturated heterocycles. The molecule has 0 saturated carbocycles. The first-order valence-electron chi connectivity index (χ1n) is 6.24. The summed E-state index contributed by atoms with van der Waals surface area (Å²) in [4.78, 5) is 12.7. The highest BCUT2D eigenvalue weighted by atomic mass is 16.6. The van der Waals surface area contributed by atoms with E-state index in [4.69, 9.17) is 5.26 Å². The molecular formula is C15H11N3O2. The molecule has 2 aromatic carbocycles. The van der Waals surface area contributed by atoms with Gasteiger partial charge in [-0.3, -0.25) is 10.1 Å². The van der Waals surface area contributed by atoms with Gasteiger partial charge in [-0.05, 0) is 30.2 Å². The first-order chi connectivity index (χ1) is 9.70. The molecule has 0 bridgehead atoms. The van der Waals surface area contributed by atoms with Gasteiger partial charge in [0.1, 0.15) is 5.69 Å². The molecule has 0 unspecified atom stereocenters. The Labute approximate surface area is 115 Å². The Morgan fingerprint density at radius 1 is 1.20 bits per heavy atom. The molecule has 0 spiro atoms. The number of nitro groups is 1. The van der Waals surface area contributed by atoms with Crippen LogP contribution in [0.3, 0.4) is 0 Å². The minimum absolute atomic E-state index is 0.0271. The monoisotopic (exact) mass is 265 g/mol. The fraction of sp³-hybridized carbons (Fsp3) is 0.133.